The Morgan fingerprint density at radius 3 is 2.83 bits per heavy atom. The molecule has 1 rings (SSSR count). The summed E-state index contributed by atoms with van der Waals surface area (Å²) in [6.45, 7) is 3.67. The number of hydrogen-bond donors (Lipinski definition) is 0. The average molecular weight is 172 g/mol. The van der Waals surface area contributed by atoms with Gasteiger partial charge >= 0.3 is 0 Å². The molecule has 70 valence electrons. The molecule has 0 N–H and O–H groups in total. The van der Waals surface area contributed by atoms with Crippen molar-refractivity contribution in [1.29, 1.82) is 0 Å². The normalized spacial score (nSPS) is 28.3. The summed E-state index contributed by atoms with van der Waals surface area (Å²) in [7, 11) is 2.03. The highest BCUT2D eigenvalue weighted by molar-refractivity contribution is 4.74. The Labute approximate surface area is 72.7 Å². The van der Waals surface area contributed by atoms with Gasteiger partial charge in [0.2, 0.25) is 6.04 Å². The highest BCUT2D eigenvalue weighted by Crippen LogP contribution is 2.19. The molecular weight excluding hydrogens is 156 g/mol. The highest BCUT2D eigenvalue weighted by Gasteiger charge is 2.29. The lowest BCUT2D eigenvalue weighted by molar-refractivity contribution is -0.528. The maximum Gasteiger partial charge on any atom is 0.214 e. The molecule has 4 nitrogen and oxygen atoms in total. The molecule has 0 aromatic rings. The lowest BCUT2D eigenvalue weighted by Gasteiger charge is -2.29. The maximum atomic E-state index is 10.5. The first kappa shape index (κ1) is 9.45. The van der Waals surface area contributed by atoms with Gasteiger partial charge in [0.25, 0.3) is 0 Å². The zero-order valence-corrected chi connectivity index (χ0v) is 7.69. The van der Waals surface area contributed by atoms with Gasteiger partial charge in [0.05, 0.1) is 0 Å². The predicted molar refractivity (Wildman–Crippen MR) is 46.7 cm³/mol. The van der Waals surface area contributed by atoms with Crippen LogP contribution in [-0.2, 0) is 0 Å². The van der Waals surface area contributed by atoms with E-state index in [1.807, 2.05) is 7.05 Å². The third-order valence-electron chi connectivity index (χ3n) is 2.68. The smallest absolute Gasteiger partial charge is 0.214 e. The quantitative estimate of drug-likeness (QED) is 0.461. The molecule has 1 aliphatic heterocycles. The molecule has 2 unspecified atom stereocenters. The van der Waals surface area contributed by atoms with Crippen molar-refractivity contribution in [3.63, 3.8) is 0 Å². The molecule has 0 aromatic carbocycles. The molecule has 0 aliphatic carbocycles. The number of hydrogen-bond acceptors (Lipinski definition) is 3. The van der Waals surface area contributed by atoms with Gasteiger partial charge < -0.3 is 4.90 Å². The Hall–Kier alpha value is -0.640. The van der Waals surface area contributed by atoms with Crippen LogP contribution < -0.4 is 0 Å². The van der Waals surface area contributed by atoms with Crippen molar-refractivity contribution in [3.8, 4) is 0 Å². The van der Waals surface area contributed by atoms with Crippen LogP contribution in [0.3, 0.4) is 0 Å². The van der Waals surface area contributed by atoms with E-state index in [4.69, 9.17) is 0 Å². The zero-order chi connectivity index (χ0) is 9.14. The molecule has 2 atom stereocenters. The van der Waals surface area contributed by atoms with Gasteiger partial charge in [0, 0.05) is 24.3 Å². The third kappa shape index (κ3) is 2.17. The van der Waals surface area contributed by atoms with Crippen LogP contribution in [0.5, 0.6) is 0 Å². The van der Waals surface area contributed by atoms with E-state index in [9.17, 15) is 10.1 Å². The topological polar surface area (TPSA) is 46.4 Å². The van der Waals surface area contributed by atoms with Gasteiger partial charge in [-0.05, 0) is 26.4 Å². The summed E-state index contributed by atoms with van der Waals surface area (Å²) < 4.78 is 0. The summed E-state index contributed by atoms with van der Waals surface area (Å²) in [4.78, 5) is 12.5. The van der Waals surface area contributed by atoms with Crippen LogP contribution in [0.2, 0.25) is 0 Å². The van der Waals surface area contributed by atoms with Crippen molar-refractivity contribution in [2.24, 2.45) is 5.92 Å². The van der Waals surface area contributed by atoms with E-state index in [0.717, 1.165) is 25.9 Å². The van der Waals surface area contributed by atoms with Gasteiger partial charge in [-0.3, -0.25) is 10.1 Å². The van der Waals surface area contributed by atoms with E-state index in [1.165, 1.54) is 0 Å². The van der Waals surface area contributed by atoms with Crippen molar-refractivity contribution in [2.75, 3.05) is 20.1 Å². The molecule has 0 aromatic heterocycles. The van der Waals surface area contributed by atoms with Crippen LogP contribution in [0.1, 0.15) is 19.8 Å². The van der Waals surface area contributed by atoms with Crippen LogP contribution >= 0.6 is 0 Å². The minimum atomic E-state index is -0.382. The third-order valence-corrected chi connectivity index (χ3v) is 2.68. The number of nitro groups is 1. The van der Waals surface area contributed by atoms with Crippen molar-refractivity contribution in [1.82, 2.24) is 4.90 Å². The van der Waals surface area contributed by atoms with Crippen LogP contribution in [-0.4, -0.2) is 36.0 Å². The van der Waals surface area contributed by atoms with E-state index in [0.29, 0.717) is 0 Å². The molecule has 0 radical (unpaired) electrons. The molecule has 1 aliphatic rings. The fourth-order valence-electron chi connectivity index (χ4n) is 1.77. The fourth-order valence-corrected chi connectivity index (χ4v) is 1.77. The molecular formula is C8H16N2O2. The molecule has 0 amide bonds. The van der Waals surface area contributed by atoms with Crippen LogP contribution in [0.25, 0.3) is 0 Å². The molecule has 12 heavy (non-hydrogen) atoms. The van der Waals surface area contributed by atoms with Gasteiger partial charge in [0.15, 0.2) is 0 Å². The van der Waals surface area contributed by atoms with E-state index in [2.05, 4.69) is 4.90 Å². The van der Waals surface area contributed by atoms with E-state index in [1.54, 1.807) is 6.92 Å². The Balaban J connectivity index is 2.45. The lowest BCUT2D eigenvalue weighted by atomic mass is 9.92. The van der Waals surface area contributed by atoms with Crippen molar-refractivity contribution >= 4 is 0 Å². The summed E-state index contributed by atoms with van der Waals surface area (Å²) in [5, 5.41) is 10.5. The standard InChI is InChI=1S/C8H16N2O2/c1-7(10(11)12)8-4-3-5-9(2)6-8/h7-8H,3-6H2,1-2H3. The minimum Gasteiger partial charge on any atom is -0.306 e. The number of likely N-dealkylation sites (tertiary alicyclic amines) is 1. The molecule has 4 heteroatoms. The first-order valence-electron chi connectivity index (χ1n) is 4.43. The molecule has 1 heterocycles. The summed E-state index contributed by atoms with van der Waals surface area (Å²) in [6.07, 6.45) is 2.10. The number of rotatable bonds is 2. The Morgan fingerprint density at radius 2 is 2.33 bits per heavy atom. The minimum absolute atomic E-state index is 0.163. The summed E-state index contributed by atoms with van der Waals surface area (Å²) in [5.74, 6) is 0.249. The van der Waals surface area contributed by atoms with Crippen molar-refractivity contribution in [2.45, 2.75) is 25.8 Å². The molecule has 1 saturated heterocycles. The monoisotopic (exact) mass is 172 g/mol. The first-order valence-corrected chi connectivity index (χ1v) is 4.43. The zero-order valence-electron chi connectivity index (χ0n) is 7.69. The van der Waals surface area contributed by atoms with E-state index < -0.39 is 0 Å². The average Bonchev–Trinajstić information content (AvgIpc) is 2.03. The second kappa shape index (κ2) is 3.85. The Bertz CT molecular complexity index is 172. The van der Waals surface area contributed by atoms with Crippen LogP contribution in [0.4, 0.5) is 0 Å². The summed E-state index contributed by atoms with van der Waals surface area (Å²) in [5.41, 5.74) is 0. The van der Waals surface area contributed by atoms with Crippen LogP contribution in [0.15, 0.2) is 0 Å². The van der Waals surface area contributed by atoms with Gasteiger partial charge in [-0.15, -0.1) is 0 Å². The number of piperidine rings is 1. The molecule has 1 fully saturated rings. The van der Waals surface area contributed by atoms with Crippen molar-refractivity contribution in [3.05, 3.63) is 10.1 Å². The lowest BCUT2D eigenvalue weighted by Crippen LogP contribution is -2.39. The first-order chi connectivity index (χ1) is 5.61. The summed E-state index contributed by atoms with van der Waals surface area (Å²) in [6, 6.07) is -0.382. The molecule has 0 saturated carbocycles. The predicted octanol–water partition coefficient (Wildman–Crippen LogP) is 0.993. The largest absolute Gasteiger partial charge is 0.306 e. The van der Waals surface area contributed by atoms with Gasteiger partial charge in [-0.1, -0.05) is 0 Å². The maximum absolute atomic E-state index is 10.5. The van der Waals surface area contributed by atoms with Crippen LogP contribution in [0, 0.1) is 16.0 Å². The summed E-state index contributed by atoms with van der Waals surface area (Å²) >= 11 is 0. The number of nitrogens with zero attached hydrogens (tertiary/aromatic N) is 2. The Kier molecular flexibility index (Phi) is 3.03. The fraction of sp³-hybridized carbons (Fsp3) is 1.00. The SMILES string of the molecule is CC(C1CCCN(C)C1)[N+](=O)[O-]. The van der Waals surface area contributed by atoms with Gasteiger partial charge in [-0.2, -0.15) is 0 Å². The van der Waals surface area contributed by atoms with E-state index in [-0.39, 0.29) is 16.9 Å². The van der Waals surface area contributed by atoms with E-state index >= 15 is 0 Å². The van der Waals surface area contributed by atoms with Gasteiger partial charge in [0.1, 0.15) is 0 Å². The highest BCUT2D eigenvalue weighted by atomic mass is 16.6. The van der Waals surface area contributed by atoms with Crippen molar-refractivity contribution < 1.29 is 4.92 Å². The second-order valence-corrected chi connectivity index (χ2v) is 3.69. The molecule has 0 bridgehead atoms. The molecule has 0 spiro atoms. The second-order valence-electron chi connectivity index (χ2n) is 3.69. The van der Waals surface area contributed by atoms with Gasteiger partial charge in [-0.25, -0.2) is 0 Å². The Morgan fingerprint density at radius 1 is 1.67 bits per heavy atom.